The van der Waals surface area contributed by atoms with Crippen LogP contribution in [0.1, 0.15) is 51.9 Å². The van der Waals surface area contributed by atoms with Gasteiger partial charge in [-0.2, -0.15) is 0 Å². The largest absolute Gasteiger partial charge is 0.395 e. The fraction of sp³-hybridized carbons (Fsp3) is 1.00. The van der Waals surface area contributed by atoms with Gasteiger partial charge in [-0.3, -0.25) is 9.80 Å². The minimum absolute atomic E-state index is 0.350. The molecule has 2 atom stereocenters. The number of rotatable bonds is 7. The van der Waals surface area contributed by atoms with Crippen molar-refractivity contribution < 1.29 is 5.11 Å². The van der Waals surface area contributed by atoms with Crippen LogP contribution in [0.5, 0.6) is 0 Å². The Morgan fingerprint density at radius 3 is 2.44 bits per heavy atom. The monoisotopic (exact) mass is 254 g/mol. The Morgan fingerprint density at radius 2 is 1.72 bits per heavy atom. The molecule has 2 aliphatic heterocycles. The molecule has 2 fully saturated rings. The third-order valence-electron chi connectivity index (χ3n) is 4.70. The maximum absolute atomic E-state index is 9.39. The molecule has 0 bridgehead atoms. The lowest BCUT2D eigenvalue weighted by Crippen LogP contribution is -2.43. The SMILES string of the molecule is CCCCCN1CCCC1CN1CCCC1CO. The van der Waals surface area contributed by atoms with E-state index in [2.05, 4.69) is 16.7 Å². The normalized spacial score (nSPS) is 30.3. The highest BCUT2D eigenvalue weighted by molar-refractivity contribution is 4.86. The van der Waals surface area contributed by atoms with Crippen LogP contribution < -0.4 is 0 Å². The van der Waals surface area contributed by atoms with Gasteiger partial charge in [0.15, 0.2) is 0 Å². The van der Waals surface area contributed by atoms with Crippen molar-refractivity contribution in [2.75, 3.05) is 32.8 Å². The lowest BCUT2D eigenvalue weighted by Gasteiger charge is -2.31. The van der Waals surface area contributed by atoms with Crippen molar-refractivity contribution >= 4 is 0 Å². The van der Waals surface area contributed by atoms with E-state index in [1.54, 1.807) is 0 Å². The van der Waals surface area contributed by atoms with Gasteiger partial charge in [0.05, 0.1) is 6.61 Å². The van der Waals surface area contributed by atoms with Crippen molar-refractivity contribution in [3.8, 4) is 0 Å². The van der Waals surface area contributed by atoms with Crippen molar-refractivity contribution in [3.05, 3.63) is 0 Å². The summed E-state index contributed by atoms with van der Waals surface area (Å²) < 4.78 is 0. The molecular weight excluding hydrogens is 224 g/mol. The van der Waals surface area contributed by atoms with Gasteiger partial charge in [-0.15, -0.1) is 0 Å². The molecule has 2 aliphatic rings. The van der Waals surface area contributed by atoms with E-state index in [0.29, 0.717) is 12.6 Å². The van der Waals surface area contributed by atoms with E-state index in [4.69, 9.17) is 0 Å². The second-order valence-electron chi connectivity index (χ2n) is 6.01. The van der Waals surface area contributed by atoms with Crippen LogP contribution >= 0.6 is 0 Å². The summed E-state index contributed by atoms with van der Waals surface area (Å²) in [4.78, 5) is 5.23. The van der Waals surface area contributed by atoms with Gasteiger partial charge in [0.25, 0.3) is 0 Å². The molecule has 2 rings (SSSR count). The fourth-order valence-corrected chi connectivity index (χ4v) is 3.57. The third-order valence-corrected chi connectivity index (χ3v) is 4.70. The Balaban J connectivity index is 1.76. The van der Waals surface area contributed by atoms with Crippen molar-refractivity contribution in [1.29, 1.82) is 0 Å². The smallest absolute Gasteiger partial charge is 0.0586 e. The molecule has 1 N–H and O–H groups in total. The van der Waals surface area contributed by atoms with Crippen LogP contribution in [0.25, 0.3) is 0 Å². The van der Waals surface area contributed by atoms with E-state index in [1.807, 2.05) is 0 Å². The van der Waals surface area contributed by atoms with Gasteiger partial charge < -0.3 is 5.11 Å². The van der Waals surface area contributed by atoms with Crippen LogP contribution in [0.3, 0.4) is 0 Å². The number of aliphatic hydroxyl groups is 1. The molecule has 0 radical (unpaired) electrons. The standard InChI is InChI=1S/C15H30N2O/c1-2-3-4-9-16-10-5-7-14(16)12-17-11-6-8-15(17)13-18/h14-15,18H,2-13H2,1H3. The Hall–Kier alpha value is -0.120. The summed E-state index contributed by atoms with van der Waals surface area (Å²) in [6, 6.07) is 1.21. The fourth-order valence-electron chi connectivity index (χ4n) is 3.57. The zero-order chi connectivity index (χ0) is 12.8. The van der Waals surface area contributed by atoms with Gasteiger partial charge in [0, 0.05) is 18.6 Å². The quantitative estimate of drug-likeness (QED) is 0.705. The second-order valence-corrected chi connectivity index (χ2v) is 6.01. The van der Waals surface area contributed by atoms with Crippen LogP contribution in [-0.4, -0.2) is 59.8 Å². The number of aliphatic hydroxyl groups excluding tert-OH is 1. The maximum Gasteiger partial charge on any atom is 0.0586 e. The number of hydrogen-bond donors (Lipinski definition) is 1. The van der Waals surface area contributed by atoms with Crippen molar-refractivity contribution in [2.45, 2.75) is 64.0 Å². The zero-order valence-electron chi connectivity index (χ0n) is 12.0. The maximum atomic E-state index is 9.39. The van der Waals surface area contributed by atoms with Gasteiger partial charge in [0.2, 0.25) is 0 Å². The molecule has 2 heterocycles. The Morgan fingerprint density at radius 1 is 1.00 bits per heavy atom. The molecule has 0 aromatic rings. The number of likely N-dealkylation sites (tertiary alicyclic amines) is 2. The molecule has 3 nitrogen and oxygen atoms in total. The number of unbranched alkanes of at least 4 members (excludes halogenated alkanes) is 2. The lowest BCUT2D eigenvalue weighted by atomic mass is 10.1. The van der Waals surface area contributed by atoms with Gasteiger partial charge in [-0.05, 0) is 51.7 Å². The molecule has 0 aliphatic carbocycles. The number of hydrogen-bond acceptors (Lipinski definition) is 3. The summed E-state index contributed by atoms with van der Waals surface area (Å²) in [5.74, 6) is 0. The zero-order valence-corrected chi connectivity index (χ0v) is 12.0. The van der Waals surface area contributed by atoms with E-state index in [-0.39, 0.29) is 0 Å². The highest BCUT2D eigenvalue weighted by Crippen LogP contribution is 2.23. The molecule has 2 saturated heterocycles. The molecule has 0 spiro atoms. The van der Waals surface area contributed by atoms with Crippen molar-refractivity contribution in [3.63, 3.8) is 0 Å². The van der Waals surface area contributed by atoms with Crippen LogP contribution in [-0.2, 0) is 0 Å². The first-order chi connectivity index (χ1) is 8.85. The van der Waals surface area contributed by atoms with Crippen LogP contribution in [0.2, 0.25) is 0 Å². The minimum Gasteiger partial charge on any atom is -0.395 e. The molecule has 18 heavy (non-hydrogen) atoms. The molecule has 0 saturated carbocycles. The van der Waals surface area contributed by atoms with E-state index in [1.165, 1.54) is 71.1 Å². The molecule has 0 aromatic heterocycles. The minimum atomic E-state index is 0.350. The van der Waals surface area contributed by atoms with Crippen molar-refractivity contribution in [2.24, 2.45) is 0 Å². The first-order valence-corrected chi connectivity index (χ1v) is 7.94. The van der Waals surface area contributed by atoms with Gasteiger partial charge in [-0.25, -0.2) is 0 Å². The van der Waals surface area contributed by atoms with Crippen LogP contribution in [0.4, 0.5) is 0 Å². The Kier molecular flexibility index (Phi) is 5.93. The summed E-state index contributed by atoms with van der Waals surface area (Å²) in [5, 5.41) is 9.39. The van der Waals surface area contributed by atoms with Crippen molar-refractivity contribution in [1.82, 2.24) is 9.80 Å². The lowest BCUT2D eigenvalue weighted by molar-refractivity contribution is 0.122. The highest BCUT2D eigenvalue weighted by atomic mass is 16.3. The van der Waals surface area contributed by atoms with Gasteiger partial charge in [-0.1, -0.05) is 19.8 Å². The molecule has 106 valence electrons. The molecular formula is C15H30N2O. The highest BCUT2D eigenvalue weighted by Gasteiger charge is 2.30. The first kappa shape index (κ1) is 14.3. The van der Waals surface area contributed by atoms with Crippen LogP contribution in [0.15, 0.2) is 0 Å². The predicted octanol–water partition coefficient (Wildman–Crippen LogP) is 2.10. The second kappa shape index (κ2) is 7.46. The molecule has 2 unspecified atom stereocenters. The summed E-state index contributed by atoms with van der Waals surface area (Å²) in [6.07, 6.45) is 9.24. The van der Waals surface area contributed by atoms with Gasteiger partial charge >= 0.3 is 0 Å². The Bertz CT molecular complexity index is 235. The Labute approximate surface area is 112 Å². The molecule has 0 aromatic carbocycles. The topological polar surface area (TPSA) is 26.7 Å². The average Bonchev–Trinajstić information content (AvgIpc) is 3.00. The first-order valence-electron chi connectivity index (χ1n) is 7.94. The van der Waals surface area contributed by atoms with E-state index < -0.39 is 0 Å². The number of nitrogens with zero attached hydrogens (tertiary/aromatic N) is 2. The predicted molar refractivity (Wildman–Crippen MR) is 75.8 cm³/mol. The van der Waals surface area contributed by atoms with E-state index in [9.17, 15) is 5.11 Å². The third kappa shape index (κ3) is 3.69. The van der Waals surface area contributed by atoms with Crippen LogP contribution in [0, 0.1) is 0 Å². The molecule has 0 amide bonds. The summed E-state index contributed by atoms with van der Waals surface area (Å²) >= 11 is 0. The average molecular weight is 254 g/mol. The summed E-state index contributed by atoms with van der Waals surface area (Å²) in [7, 11) is 0. The van der Waals surface area contributed by atoms with E-state index >= 15 is 0 Å². The summed E-state index contributed by atoms with van der Waals surface area (Å²) in [5.41, 5.74) is 0. The van der Waals surface area contributed by atoms with Gasteiger partial charge in [0.1, 0.15) is 0 Å². The molecule has 3 heteroatoms. The summed E-state index contributed by atoms with van der Waals surface area (Å²) in [6.45, 7) is 7.60. The van der Waals surface area contributed by atoms with E-state index in [0.717, 1.165) is 6.04 Å².